The molecular formula is C15H16N4. The molecule has 0 amide bonds. The highest BCUT2D eigenvalue weighted by Crippen LogP contribution is 2.29. The van der Waals surface area contributed by atoms with Crippen LogP contribution in [0.2, 0.25) is 0 Å². The minimum atomic E-state index is 0.0112. The molecule has 0 aliphatic carbocycles. The van der Waals surface area contributed by atoms with E-state index in [2.05, 4.69) is 0 Å². The topological polar surface area (TPSA) is 99.7 Å². The highest BCUT2D eigenvalue weighted by molar-refractivity contribution is 6.06. The van der Waals surface area contributed by atoms with E-state index in [0.29, 0.717) is 11.1 Å². The molecule has 0 aromatic heterocycles. The third-order valence-electron chi connectivity index (χ3n) is 3.11. The molecule has 0 aliphatic rings. The third-order valence-corrected chi connectivity index (χ3v) is 3.11. The van der Waals surface area contributed by atoms with Crippen molar-refractivity contribution < 1.29 is 0 Å². The fourth-order valence-electron chi connectivity index (χ4n) is 2.20. The van der Waals surface area contributed by atoms with Crippen molar-refractivity contribution in [1.29, 1.82) is 10.8 Å². The Morgan fingerprint density at radius 2 is 1.37 bits per heavy atom. The summed E-state index contributed by atoms with van der Waals surface area (Å²) in [5, 5.41) is 15.3. The van der Waals surface area contributed by atoms with Gasteiger partial charge in [-0.3, -0.25) is 10.8 Å². The Balaban J connectivity index is 2.78. The monoisotopic (exact) mass is 252 g/mol. The molecule has 4 heteroatoms. The van der Waals surface area contributed by atoms with Crippen molar-refractivity contribution in [2.24, 2.45) is 11.5 Å². The van der Waals surface area contributed by atoms with Crippen LogP contribution in [0.15, 0.2) is 42.5 Å². The van der Waals surface area contributed by atoms with E-state index in [1.807, 2.05) is 37.3 Å². The zero-order chi connectivity index (χ0) is 14.0. The Hall–Kier alpha value is -2.62. The van der Waals surface area contributed by atoms with Gasteiger partial charge in [0, 0.05) is 11.1 Å². The molecule has 0 aliphatic heterocycles. The van der Waals surface area contributed by atoms with Gasteiger partial charge < -0.3 is 11.5 Å². The standard InChI is InChI=1S/C15H16N4/c1-9-11(14(16)17)7-8-12(15(18)19)13(9)10-5-3-2-4-6-10/h2-8H,1H3,(H3,16,17)(H3,18,19). The number of rotatable bonds is 3. The molecule has 6 N–H and O–H groups in total. The number of amidine groups is 2. The first-order valence-electron chi connectivity index (χ1n) is 5.90. The zero-order valence-electron chi connectivity index (χ0n) is 10.7. The van der Waals surface area contributed by atoms with Gasteiger partial charge in [0.15, 0.2) is 0 Å². The van der Waals surface area contributed by atoms with E-state index < -0.39 is 0 Å². The molecule has 0 spiro atoms. The molecule has 19 heavy (non-hydrogen) atoms. The van der Waals surface area contributed by atoms with Crippen LogP contribution in [-0.2, 0) is 0 Å². The van der Waals surface area contributed by atoms with Crippen LogP contribution in [0, 0.1) is 17.7 Å². The number of nitrogens with one attached hydrogen (secondary N) is 2. The van der Waals surface area contributed by atoms with E-state index in [0.717, 1.165) is 16.7 Å². The second-order valence-electron chi connectivity index (χ2n) is 4.35. The average Bonchev–Trinajstić information content (AvgIpc) is 2.38. The first-order valence-corrected chi connectivity index (χ1v) is 5.90. The van der Waals surface area contributed by atoms with Crippen molar-refractivity contribution in [3.63, 3.8) is 0 Å². The maximum atomic E-state index is 7.69. The van der Waals surface area contributed by atoms with Crippen LogP contribution in [-0.4, -0.2) is 11.7 Å². The van der Waals surface area contributed by atoms with Crippen LogP contribution < -0.4 is 11.5 Å². The Kier molecular flexibility index (Phi) is 3.33. The molecule has 0 saturated carbocycles. The smallest absolute Gasteiger partial charge is 0.123 e. The molecule has 0 radical (unpaired) electrons. The molecule has 0 heterocycles. The van der Waals surface area contributed by atoms with Crippen LogP contribution in [0.5, 0.6) is 0 Å². The van der Waals surface area contributed by atoms with Gasteiger partial charge in [-0.2, -0.15) is 0 Å². The molecule has 0 bridgehead atoms. The minimum absolute atomic E-state index is 0.0112. The molecule has 4 nitrogen and oxygen atoms in total. The van der Waals surface area contributed by atoms with Crippen molar-refractivity contribution >= 4 is 11.7 Å². The number of nitrogen functional groups attached to an aromatic ring is 2. The summed E-state index contributed by atoms with van der Waals surface area (Å²) in [6.07, 6.45) is 0. The summed E-state index contributed by atoms with van der Waals surface area (Å²) >= 11 is 0. The normalized spacial score (nSPS) is 10.2. The lowest BCUT2D eigenvalue weighted by atomic mass is 9.91. The number of hydrogen-bond donors (Lipinski definition) is 4. The first kappa shape index (κ1) is 12.8. The fourth-order valence-corrected chi connectivity index (χ4v) is 2.20. The van der Waals surface area contributed by atoms with Gasteiger partial charge in [0.25, 0.3) is 0 Å². The van der Waals surface area contributed by atoms with E-state index >= 15 is 0 Å². The predicted octanol–water partition coefficient (Wildman–Crippen LogP) is 2.23. The van der Waals surface area contributed by atoms with Gasteiger partial charge >= 0.3 is 0 Å². The summed E-state index contributed by atoms with van der Waals surface area (Å²) in [5.41, 5.74) is 15.3. The number of benzene rings is 2. The van der Waals surface area contributed by atoms with Crippen molar-refractivity contribution in [2.45, 2.75) is 6.92 Å². The molecule has 0 fully saturated rings. The predicted molar refractivity (Wildman–Crippen MR) is 78.6 cm³/mol. The van der Waals surface area contributed by atoms with Crippen LogP contribution in [0.25, 0.3) is 11.1 Å². The lowest BCUT2D eigenvalue weighted by molar-refractivity contribution is 1.34. The summed E-state index contributed by atoms with van der Waals surface area (Å²) < 4.78 is 0. The molecule has 96 valence electrons. The Morgan fingerprint density at radius 1 is 0.842 bits per heavy atom. The first-order chi connectivity index (χ1) is 9.02. The summed E-state index contributed by atoms with van der Waals surface area (Å²) in [4.78, 5) is 0. The second kappa shape index (κ2) is 4.94. The van der Waals surface area contributed by atoms with E-state index in [4.69, 9.17) is 22.3 Å². The van der Waals surface area contributed by atoms with Crippen LogP contribution in [0.1, 0.15) is 16.7 Å². The van der Waals surface area contributed by atoms with Gasteiger partial charge in [-0.05, 0) is 29.7 Å². The van der Waals surface area contributed by atoms with Crippen molar-refractivity contribution in [3.05, 3.63) is 59.2 Å². The maximum Gasteiger partial charge on any atom is 0.123 e. The van der Waals surface area contributed by atoms with Gasteiger partial charge in [0.1, 0.15) is 11.7 Å². The van der Waals surface area contributed by atoms with Crippen molar-refractivity contribution in [3.8, 4) is 11.1 Å². The van der Waals surface area contributed by atoms with Crippen LogP contribution in [0.3, 0.4) is 0 Å². The minimum Gasteiger partial charge on any atom is -0.384 e. The lowest BCUT2D eigenvalue weighted by Crippen LogP contribution is -2.17. The Labute approximate surface area is 112 Å². The maximum absolute atomic E-state index is 7.69. The molecule has 2 aromatic rings. The van der Waals surface area contributed by atoms with Gasteiger partial charge in [-0.25, -0.2) is 0 Å². The van der Waals surface area contributed by atoms with E-state index in [-0.39, 0.29) is 11.7 Å². The van der Waals surface area contributed by atoms with Gasteiger partial charge in [0.2, 0.25) is 0 Å². The molecule has 2 aromatic carbocycles. The van der Waals surface area contributed by atoms with Crippen LogP contribution in [0.4, 0.5) is 0 Å². The molecular weight excluding hydrogens is 236 g/mol. The molecule has 2 rings (SSSR count). The number of hydrogen-bond acceptors (Lipinski definition) is 2. The molecule has 0 atom stereocenters. The van der Waals surface area contributed by atoms with E-state index in [1.54, 1.807) is 12.1 Å². The quantitative estimate of drug-likeness (QED) is 0.497. The average molecular weight is 252 g/mol. The highest BCUT2D eigenvalue weighted by Gasteiger charge is 2.14. The summed E-state index contributed by atoms with van der Waals surface area (Å²) in [5.74, 6) is 0.0295. The van der Waals surface area contributed by atoms with Crippen molar-refractivity contribution in [1.82, 2.24) is 0 Å². The van der Waals surface area contributed by atoms with E-state index in [1.165, 1.54) is 0 Å². The summed E-state index contributed by atoms with van der Waals surface area (Å²) in [6.45, 7) is 1.89. The van der Waals surface area contributed by atoms with Crippen LogP contribution >= 0.6 is 0 Å². The lowest BCUT2D eigenvalue weighted by Gasteiger charge is -2.15. The molecule has 0 saturated heterocycles. The van der Waals surface area contributed by atoms with Gasteiger partial charge in [-0.1, -0.05) is 36.4 Å². The van der Waals surface area contributed by atoms with Gasteiger partial charge in [-0.15, -0.1) is 0 Å². The Bertz CT molecular complexity index is 645. The van der Waals surface area contributed by atoms with Crippen molar-refractivity contribution in [2.75, 3.05) is 0 Å². The summed E-state index contributed by atoms with van der Waals surface area (Å²) in [7, 11) is 0. The zero-order valence-corrected chi connectivity index (χ0v) is 10.7. The number of nitrogens with two attached hydrogens (primary N) is 2. The highest BCUT2D eigenvalue weighted by atomic mass is 14.7. The third kappa shape index (κ3) is 2.33. The van der Waals surface area contributed by atoms with E-state index in [9.17, 15) is 0 Å². The largest absolute Gasteiger partial charge is 0.384 e. The SMILES string of the molecule is Cc1c(C(=N)N)ccc(C(=N)N)c1-c1ccccc1. The fraction of sp³-hybridized carbons (Fsp3) is 0.0667. The molecule has 0 unspecified atom stereocenters. The van der Waals surface area contributed by atoms with Gasteiger partial charge in [0.05, 0.1) is 0 Å². The second-order valence-corrected chi connectivity index (χ2v) is 4.35. The Morgan fingerprint density at radius 3 is 1.89 bits per heavy atom. The summed E-state index contributed by atoms with van der Waals surface area (Å²) in [6, 6.07) is 13.2.